The van der Waals surface area contributed by atoms with Gasteiger partial charge in [0, 0.05) is 6.42 Å². The third kappa shape index (κ3) is 4.59. The summed E-state index contributed by atoms with van der Waals surface area (Å²) in [5, 5.41) is 10.6. The van der Waals surface area contributed by atoms with Crippen molar-refractivity contribution in [3.63, 3.8) is 0 Å². The summed E-state index contributed by atoms with van der Waals surface area (Å²) < 4.78 is 16.6. The molecule has 1 N–H and O–H groups in total. The maximum absolute atomic E-state index is 11.8. The van der Waals surface area contributed by atoms with E-state index in [2.05, 4.69) is 29.8 Å². The van der Waals surface area contributed by atoms with Gasteiger partial charge >= 0.3 is 5.97 Å². The van der Waals surface area contributed by atoms with Crippen LogP contribution in [0.3, 0.4) is 0 Å². The largest absolute Gasteiger partial charge is 0.465 e. The first-order chi connectivity index (χ1) is 13.5. The topological polar surface area (TPSA) is 85.9 Å². The fraction of sp³-hybridized carbons (Fsp3) is 0.650. The minimum absolute atomic E-state index is 0.0856. The van der Waals surface area contributed by atoms with Crippen molar-refractivity contribution < 1.29 is 24.0 Å². The summed E-state index contributed by atoms with van der Waals surface area (Å²) in [6.45, 7) is 9.80. The lowest BCUT2D eigenvalue weighted by molar-refractivity contribution is -0.415. The second kappa shape index (κ2) is 9.59. The van der Waals surface area contributed by atoms with Crippen LogP contribution in [0.1, 0.15) is 37.5 Å². The van der Waals surface area contributed by atoms with Gasteiger partial charge in [-0.2, -0.15) is 5.26 Å². The molecule has 1 saturated heterocycles. The number of thioether (sulfide) groups is 1. The summed E-state index contributed by atoms with van der Waals surface area (Å²) in [5.74, 6) is 1.24. The Morgan fingerprint density at radius 3 is 2.79 bits per heavy atom. The molecular weight excluding hydrogens is 378 g/mol. The highest BCUT2D eigenvalue weighted by molar-refractivity contribution is 7.99. The number of aromatic amines is 1. The van der Waals surface area contributed by atoms with Crippen LogP contribution in [0.2, 0.25) is 0 Å². The number of carbonyl (C=O) groups is 1. The Balaban J connectivity index is 2.00. The van der Waals surface area contributed by atoms with Crippen molar-refractivity contribution in [2.75, 3.05) is 43.6 Å². The van der Waals surface area contributed by atoms with Crippen molar-refractivity contribution in [1.82, 2.24) is 0 Å². The van der Waals surface area contributed by atoms with Crippen molar-refractivity contribution in [3.05, 3.63) is 16.7 Å². The fourth-order valence-corrected chi connectivity index (χ4v) is 4.38. The van der Waals surface area contributed by atoms with Gasteiger partial charge in [0.2, 0.25) is 0 Å². The van der Waals surface area contributed by atoms with Crippen molar-refractivity contribution in [1.29, 1.82) is 5.26 Å². The van der Waals surface area contributed by atoms with Crippen LogP contribution < -0.4 is 9.88 Å². The summed E-state index contributed by atoms with van der Waals surface area (Å²) in [7, 11) is 0. The smallest absolute Gasteiger partial charge is 0.316 e. The van der Waals surface area contributed by atoms with Gasteiger partial charge in [0.25, 0.3) is 5.82 Å². The second-order valence-corrected chi connectivity index (χ2v) is 8.22. The lowest BCUT2D eigenvalue weighted by Gasteiger charge is -2.31. The predicted octanol–water partition coefficient (Wildman–Crippen LogP) is 1.96. The molecule has 0 amide bonds. The number of nitrogens with one attached hydrogen (secondary N) is 1. The lowest BCUT2D eigenvalue weighted by Crippen LogP contribution is -2.42. The molecule has 1 aromatic rings. The number of nitrogens with zero attached hydrogens (tertiary/aromatic N) is 2. The van der Waals surface area contributed by atoms with E-state index in [1.54, 1.807) is 6.92 Å². The zero-order chi connectivity index (χ0) is 20.1. The number of morpholine rings is 1. The van der Waals surface area contributed by atoms with Crippen molar-refractivity contribution >= 4 is 23.5 Å². The molecular formula is C20H28N3O4S+. The first kappa shape index (κ1) is 20.9. The van der Waals surface area contributed by atoms with Crippen LogP contribution in [0.15, 0.2) is 5.03 Å². The summed E-state index contributed by atoms with van der Waals surface area (Å²) >= 11 is 1.33. The number of H-pyrrole nitrogens is 1. The molecule has 3 rings (SSSR count). The van der Waals surface area contributed by atoms with E-state index in [-0.39, 0.29) is 17.8 Å². The third-order valence-corrected chi connectivity index (χ3v) is 6.06. The number of aromatic nitrogens is 1. The van der Waals surface area contributed by atoms with Gasteiger partial charge in [-0.15, -0.1) is 0 Å². The van der Waals surface area contributed by atoms with E-state index in [1.165, 1.54) is 11.8 Å². The molecule has 2 aliphatic rings. The van der Waals surface area contributed by atoms with E-state index in [0.29, 0.717) is 44.3 Å². The molecule has 152 valence electrons. The van der Waals surface area contributed by atoms with E-state index in [4.69, 9.17) is 14.2 Å². The number of carbonyl (C=O) groups excluding carboxylic acids is 1. The molecule has 0 spiro atoms. The molecule has 0 saturated carbocycles. The quantitative estimate of drug-likeness (QED) is 0.527. The number of esters is 1. The average molecular weight is 407 g/mol. The molecule has 1 aromatic heterocycles. The molecule has 2 aliphatic heterocycles. The third-order valence-electron chi connectivity index (χ3n) is 5.08. The van der Waals surface area contributed by atoms with Gasteiger partial charge in [-0.25, -0.2) is 4.98 Å². The number of fused-ring (bicyclic) bond motifs is 1. The molecule has 3 heterocycles. The van der Waals surface area contributed by atoms with Crippen LogP contribution in [-0.4, -0.2) is 50.7 Å². The Hall–Kier alpha value is -1.82. The van der Waals surface area contributed by atoms with Gasteiger partial charge in [0.05, 0.1) is 43.8 Å². The van der Waals surface area contributed by atoms with E-state index in [0.717, 1.165) is 35.1 Å². The van der Waals surface area contributed by atoms with Gasteiger partial charge in [-0.3, -0.25) is 9.69 Å². The standard InChI is InChI=1S/C20H27N3O4S/c1-4-26-18(24)12-28-20-15(10-21)14-9-17(13(2)3)27-11-16(14)19(22-20)23-5-7-25-8-6-23/h13,17H,4-9,11-12H2,1-3H3/p+1/t17-/m0/s1. The highest BCUT2D eigenvalue weighted by Gasteiger charge is 2.34. The SMILES string of the molecule is CCOC(=O)CSc1[nH+]c(N2CCOCC2)c2c(c1C#N)C[C@@H](C(C)C)OC2. The number of pyridine rings is 1. The molecule has 0 aromatic carbocycles. The number of hydrogen-bond acceptors (Lipinski definition) is 7. The molecule has 0 aliphatic carbocycles. The second-order valence-electron chi connectivity index (χ2n) is 7.24. The van der Waals surface area contributed by atoms with Crippen LogP contribution in [0.25, 0.3) is 0 Å². The molecule has 0 unspecified atom stereocenters. The molecule has 1 fully saturated rings. The normalized spacial score (nSPS) is 19.2. The Morgan fingerprint density at radius 1 is 1.39 bits per heavy atom. The minimum Gasteiger partial charge on any atom is -0.465 e. The van der Waals surface area contributed by atoms with Gasteiger partial charge in [0.15, 0.2) is 5.03 Å². The van der Waals surface area contributed by atoms with Crippen molar-refractivity contribution in [2.24, 2.45) is 5.92 Å². The summed E-state index contributed by atoms with van der Waals surface area (Å²) in [5.41, 5.74) is 2.71. The molecule has 0 bridgehead atoms. The number of nitriles is 1. The molecule has 7 nitrogen and oxygen atoms in total. The monoisotopic (exact) mass is 406 g/mol. The Labute approximate surface area is 170 Å². The Morgan fingerprint density at radius 2 is 2.14 bits per heavy atom. The lowest BCUT2D eigenvalue weighted by atomic mass is 9.91. The van der Waals surface area contributed by atoms with E-state index in [1.807, 2.05) is 0 Å². The fourth-order valence-electron chi connectivity index (χ4n) is 3.55. The van der Waals surface area contributed by atoms with E-state index < -0.39 is 0 Å². The first-order valence-electron chi connectivity index (χ1n) is 9.79. The molecule has 8 heteroatoms. The number of anilines is 1. The number of ether oxygens (including phenoxy) is 3. The summed E-state index contributed by atoms with van der Waals surface area (Å²) in [6.07, 6.45) is 0.789. The summed E-state index contributed by atoms with van der Waals surface area (Å²) in [4.78, 5) is 17.5. The zero-order valence-electron chi connectivity index (χ0n) is 16.7. The first-order valence-corrected chi connectivity index (χ1v) is 10.8. The predicted molar refractivity (Wildman–Crippen MR) is 105 cm³/mol. The Kier molecular flexibility index (Phi) is 7.16. The van der Waals surface area contributed by atoms with Gasteiger partial charge in [-0.1, -0.05) is 25.6 Å². The molecule has 0 radical (unpaired) electrons. The molecule has 28 heavy (non-hydrogen) atoms. The van der Waals surface area contributed by atoms with Crippen LogP contribution >= 0.6 is 11.8 Å². The highest BCUT2D eigenvalue weighted by atomic mass is 32.2. The number of hydrogen-bond donors (Lipinski definition) is 0. The summed E-state index contributed by atoms with van der Waals surface area (Å²) in [6, 6.07) is 2.37. The van der Waals surface area contributed by atoms with Crippen molar-refractivity contribution in [3.8, 4) is 6.07 Å². The van der Waals surface area contributed by atoms with Crippen LogP contribution in [0, 0.1) is 17.2 Å². The van der Waals surface area contributed by atoms with Crippen LogP contribution in [0.5, 0.6) is 0 Å². The molecule has 1 atom stereocenters. The maximum atomic E-state index is 11.8. The van der Waals surface area contributed by atoms with Crippen LogP contribution in [0.4, 0.5) is 5.82 Å². The van der Waals surface area contributed by atoms with Gasteiger partial charge in [0.1, 0.15) is 24.7 Å². The van der Waals surface area contributed by atoms with E-state index in [9.17, 15) is 10.1 Å². The minimum atomic E-state index is -0.279. The van der Waals surface area contributed by atoms with E-state index >= 15 is 0 Å². The van der Waals surface area contributed by atoms with Gasteiger partial charge in [-0.05, 0) is 18.4 Å². The van der Waals surface area contributed by atoms with Crippen LogP contribution in [-0.2, 0) is 32.0 Å². The average Bonchev–Trinajstić information content (AvgIpc) is 2.71. The zero-order valence-corrected chi connectivity index (χ0v) is 17.6. The maximum Gasteiger partial charge on any atom is 0.316 e. The Bertz CT molecular complexity index is 757. The number of rotatable bonds is 6. The highest BCUT2D eigenvalue weighted by Crippen LogP contribution is 2.35. The van der Waals surface area contributed by atoms with Gasteiger partial charge < -0.3 is 14.2 Å². The van der Waals surface area contributed by atoms with Crippen molar-refractivity contribution in [2.45, 2.75) is 44.9 Å².